The van der Waals surface area contributed by atoms with Crippen molar-refractivity contribution in [2.24, 2.45) is 0 Å². The van der Waals surface area contributed by atoms with E-state index in [1.165, 1.54) is 30.5 Å². The standard InChI is InChI=1S/C19H15BClNO5/c1-12-4-5-14(11-16(12)21)20(13-6-8-15(23)9-7-13)27-26-19(25)18-17(24)3-2-10-22-18/h2-11,23-24H,1H3. The van der Waals surface area contributed by atoms with E-state index in [-0.39, 0.29) is 17.2 Å². The Bertz CT molecular complexity index is 965. The molecular weight excluding hydrogens is 368 g/mol. The number of hydrogen-bond acceptors (Lipinski definition) is 6. The molecule has 0 bridgehead atoms. The number of rotatable bonds is 5. The highest BCUT2D eigenvalue weighted by Crippen LogP contribution is 2.15. The van der Waals surface area contributed by atoms with E-state index in [0.29, 0.717) is 15.9 Å². The first kappa shape index (κ1) is 18.8. The van der Waals surface area contributed by atoms with Crippen molar-refractivity contribution in [1.29, 1.82) is 0 Å². The molecule has 0 fully saturated rings. The van der Waals surface area contributed by atoms with Crippen molar-refractivity contribution in [3.63, 3.8) is 0 Å². The summed E-state index contributed by atoms with van der Waals surface area (Å²) in [5.41, 5.74) is 1.91. The summed E-state index contributed by atoms with van der Waals surface area (Å²) < 4.78 is 0. The number of halogens is 1. The van der Waals surface area contributed by atoms with Crippen molar-refractivity contribution >= 4 is 35.4 Å². The molecule has 1 aromatic heterocycles. The van der Waals surface area contributed by atoms with Gasteiger partial charge in [-0.2, -0.15) is 0 Å². The average Bonchev–Trinajstić information content (AvgIpc) is 2.66. The number of nitrogens with zero attached hydrogens (tertiary/aromatic N) is 1. The second-order valence-electron chi connectivity index (χ2n) is 5.82. The molecule has 27 heavy (non-hydrogen) atoms. The lowest BCUT2D eigenvalue weighted by Crippen LogP contribution is -2.45. The maximum absolute atomic E-state index is 12.2. The van der Waals surface area contributed by atoms with Crippen LogP contribution in [0, 0.1) is 6.92 Å². The Labute approximate surface area is 161 Å². The zero-order valence-corrected chi connectivity index (χ0v) is 15.1. The number of phenols is 1. The zero-order valence-electron chi connectivity index (χ0n) is 14.3. The average molecular weight is 384 g/mol. The summed E-state index contributed by atoms with van der Waals surface area (Å²) in [7, 11) is 0. The van der Waals surface area contributed by atoms with Gasteiger partial charge in [-0.3, -0.25) is 0 Å². The van der Waals surface area contributed by atoms with Crippen LogP contribution < -0.4 is 10.9 Å². The molecule has 0 atom stereocenters. The number of carbonyl (C=O) groups excluding carboxylic acids is 1. The molecule has 0 spiro atoms. The third-order valence-electron chi connectivity index (χ3n) is 3.89. The van der Waals surface area contributed by atoms with Crippen LogP contribution in [0.5, 0.6) is 11.5 Å². The van der Waals surface area contributed by atoms with Crippen molar-refractivity contribution in [2.75, 3.05) is 0 Å². The molecule has 136 valence electrons. The fraction of sp³-hybridized carbons (Fsp3) is 0.0526. The molecule has 0 saturated heterocycles. The summed E-state index contributed by atoms with van der Waals surface area (Å²) in [5.74, 6) is -1.16. The third-order valence-corrected chi connectivity index (χ3v) is 4.30. The Morgan fingerprint density at radius 1 is 1.07 bits per heavy atom. The Morgan fingerprint density at radius 3 is 2.44 bits per heavy atom. The van der Waals surface area contributed by atoms with Gasteiger partial charge in [-0.05, 0) is 53.7 Å². The number of carbonyl (C=O) groups is 1. The van der Waals surface area contributed by atoms with E-state index in [2.05, 4.69) is 4.98 Å². The molecule has 2 aromatic carbocycles. The summed E-state index contributed by atoms with van der Waals surface area (Å²) in [5, 5.41) is 19.8. The van der Waals surface area contributed by atoms with Crippen LogP contribution in [0.15, 0.2) is 60.8 Å². The van der Waals surface area contributed by atoms with Gasteiger partial charge in [-0.25, -0.2) is 14.6 Å². The quantitative estimate of drug-likeness (QED) is 0.399. The minimum absolute atomic E-state index is 0.0924. The Hall–Kier alpha value is -3.03. The van der Waals surface area contributed by atoms with Crippen LogP contribution >= 0.6 is 11.6 Å². The van der Waals surface area contributed by atoms with Crippen molar-refractivity contribution in [3.8, 4) is 11.5 Å². The smallest absolute Gasteiger partial charge is 0.421 e. The van der Waals surface area contributed by atoms with Gasteiger partial charge < -0.3 is 15.1 Å². The van der Waals surface area contributed by atoms with E-state index in [9.17, 15) is 15.0 Å². The van der Waals surface area contributed by atoms with Crippen LogP contribution in [0.2, 0.25) is 5.02 Å². The Balaban J connectivity index is 1.88. The number of pyridine rings is 1. The summed E-state index contributed by atoms with van der Waals surface area (Å²) >= 11 is 6.20. The highest BCUT2D eigenvalue weighted by molar-refractivity contribution is 6.80. The van der Waals surface area contributed by atoms with Crippen LogP contribution in [-0.4, -0.2) is 28.1 Å². The van der Waals surface area contributed by atoms with E-state index in [1.807, 2.05) is 13.0 Å². The SMILES string of the molecule is Cc1ccc(B(OOC(=O)c2ncccc2O)c2ccc(O)cc2)cc1Cl. The molecular formula is C19H15BClNO5. The highest BCUT2D eigenvalue weighted by atomic mass is 35.5. The number of phenolic OH excluding ortho intramolecular Hbond substituents is 1. The van der Waals surface area contributed by atoms with Gasteiger partial charge in [0.2, 0.25) is 0 Å². The maximum atomic E-state index is 12.2. The van der Waals surface area contributed by atoms with Gasteiger partial charge in [-0.1, -0.05) is 35.9 Å². The summed E-state index contributed by atoms with van der Waals surface area (Å²) in [6.45, 7) is 1.07. The summed E-state index contributed by atoms with van der Waals surface area (Å²) in [4.78, 5) is 26.2. The highest BCUT2D eigenvalue weighted by Gasteiger charge is 2.27. The molecule has 0 aliphatic heterocycles. The molecule has 0 radical (unpaired) electrons. The number of aromatic hydroxyl groups is 2. The van der Waals surface area contributed by atoms with Crippen LogP contribution in [0.1, 0.15) is 16.1 Å². The normalized spacial score (nSPS) is 10.4. The summed E-state index contributed by atoms with van der Waals surface area (Å²) in [6, 6.07) is 14.4. The molecule has 6 nitrogen and oxygen atoms in total. The van der Waals surface area contributed by atoms with Crippen molar-refractivity contribution in [1.82, 2.24) is 4.98 Å². The monoisotopic (exact) mass is 383 g/mol. The van der Waals surface area contributed by atoms with E-state index < -0.39 is 12.9 Å². The molecule has 2 N–H and O–H groups in total. The molecule has 0 amide bonds. The Morgan fingerprint density at radius 2 is 1.78 bits per heavy atom. The van der Waals surface area contributed by atoms with Crippen LogP contribution in [-0.2, 0) is 9.69 Å². The lowest BCUT2D eigenvalue weighted by Gasteiger charge is -2.15. The predicted octanol–water partition coefficient (Wildman–Crippen LogP) is 2.35. The van der Waals surface area contributed by atoms with Gasteiger partial charge in [0, 0.05) is 11.2 Å². The number of aromatic nitrogens is 1. The van der Waals surface area contributed by atoms with E-state index >= 15 is 0 Å². The van der Waals surface area contributed by atoms with Gasteiger partial charge >= 0.3 is 12.9 Å². The van der Waals surface area contributed by atoms with Gasteiger partial charge in [0.15, 0.2) is 5.69 Å². The van der Waals surface area contributed by atoms with Crippen molar-refractivity contribution < 1.29 is 24.7 Å². The number of benzene rings is 2. The second kappa shape index (κ2) is 8.12. The second-order valence-corrected chi connectivity index (χ2v) is 6.23. The molecule has 0 aliphatic carbocycles. The number of hydrogen-bond donors (Lipinski definition) is 2. The van der Waals surface area contributed by atoms with Crippen LogP contribution in [0.3, 0.4) is 0 Å². The Kier molecular flexibility index (Phi) is 5.64. The van der Waals surface area contributed by atoms with Crippen molar-refractivity contribution in [3.05, 3.63) is 77.1 Å². The summed E-state index contributed by atoms with van der Waals surface area (Å²) in [6.07, 6.45) is 1.35. The topological polar surface area (TPSA) is 88.9 Å². The van der Waals surface area contributed by atoms with E-state index in [1.54, 1.807) is 24.3 Å². The third kappa shape index (κ3) is 4.39. The molecule has 0 saturated carbocycles. The lowest BCUT2D eigenvalue weighted by atomic mass is 9.55. The van der Waals surface area contributed by atoms with Crippen LogP contribution in [0.4, 0.5) is 0 Å². The first-order chi connectivity index (χ1) is 13.0. The first-order valence-electron chi connectivity index (χ1n) is 8.02. The van der Waals surface area contributed by atoms with Crippen LogP contribution in [0.25, 0.3) is 0 Å². The first-order valence-corrected chi connectivity index (χ1v) is 8.40. The minimum atomic E-state index is -0.935. The fourth-order valence-electron chi connectivity index (χ4n) is 2.41. The van der Waals surface area contributed by atoms with Gasteiger partial charge in [0.25, 0.3) is 0 Å². The molecule has 0 unspecified atom stereocenters. The van der Waals surface area contributed by atoms with E-state index in [4.69, 9.17) is 21.3 Å². The molecule has 3 rings (SSSR count). The number of aryl methyl sites for hydroxylation is 1. The molecule has 1 heterocycles. The predicted molar refractivity (Wildman–Crippen MR) is 102 cm³/mol. The van der Waals surface area contributed by atoms with Crippen molar-refractivity contribution in [2.45, 2.75) is 6.92 Å². The minimum Gasteiger partial charge on any atom is -0.508 e. The largest absolute Gasteiger partial charge is 0.508 e. The molecule has 3 aromatic rings. The van der Waals surface area contributed by atoms with Gasteiger partial charge in [0.1, 0.15) is 11.5 Å². The van der Waals surface area contributed by atoms with Gasteiger partial charge in [0.05, 0.1) is 0 Å². The lowest BCUT2D eigenvalue weighted by molar-refractivity contribution is -0.152. The van der Waals surface area contributed by atoms with Gasteiger partial charge in [-0.15, -0.1) is 0 Å². The molecule has 8 heteroatoms. The fourth-order valence-corrected chi connectivity index (χ4v) is 2.60. The maximum Gasteiger partial charge on any atom is 0.421 e. The zero-order chi connectivity index (χ0) is 19.4. The molecule has 0 aliphatic rings. The van der Waals surface area contributed by atoms with E-state index in [0.717, 1.165) is 5.56 Å².